The summed E-state index contributed by atoms with van der Waals surface area (Å²) >= 11 is 0. The van der Waals surface area contributed by atoms with Crippen LogP contribution < -0.4 is 10.4 Å². The summed E-state index contributed by atoms with van der Waals surface area (Å²) < 4.78 is 25.0. The molecule has 0 bridgehead atoms. The molecule has 0 saturated carbocycles. The molecule has 0 saturated heterocycles. The number of nitrogens with zero attached hydrogens (tertiary/aromatic N) is 2. The number of aromatic nitrogens is 2. The Morgan fingerprint density at radius 2 is 2.00 bits per heavy atom. The lowest BCUT2D eigenvalue weighted by molar-refractivity contribution is -0.306. The van der Waals surface area contributed by atoms with Crippen molar-refractivity contribution in [2.45, 2.75) is 13.0 Å². The summed E-state index contributed by atoms with van der Waals surface area (Å²) in [4.78, 5) is 16.5. The number of carbonyl (C=O) groups is 1. The van der Waals surface area contributed by atoms with Crippen molar-refractivity contribution in [3.8, 4) is 0 Å². The number of carboxylic acids is 1. The topological polar surface area (TPSA) is 77.9 Å². The predicted molar refractivity (Wildman–Crippen MR) is 40.0 cm³/mol. The van der Waals surface area contributed by atoms with Gasteiger partial charge in [-0.1, -0.05) is 0 Å². The maximum Gasteiger partial charge on any atom is 0.228 e. The molecule has 1 atom stereocenters. The van der Waals surface area contributed by atoms with Gasteiger partial charge in [0.2, 0.25) is 17.8 Å². The molecule has 0 spiro atoms. The number of carboxylic acid groups (broad SMARTS) is 1. The molecule has 0 aliphatic carbocycles. The third-order valence-corrected chi connectivity index (χ3v) is 1.36. The van der Waals surface area contributed by atoms with E-state index in [4.69, 9.17) is 0 Å². The zero-order valence-electron chi connectivity index (χ0n) is 7.12. The second kappa shape index (κ2) is 3.95. The van der Waals surface area contributed by atoms with E-state index in [0.29, 0.717) is 6.07 Å². The fraction of sp³-hybridized carbons (Fsp3) is 0.286. The number of carbonyl (C=O) groups excluding carboxylic acids is 1. The summed E-state index contributed by atoms with van der Waals surface area (Å²) in [5.41, 5.74) is 0. The van der Waals surface area contributed by atoms with Crippen molar-refractivity contribution < 1.29 is 18.7 Å². The van der Waals surface area contributed by atoms with Gasteiger partial charge in [-0.3, -0.25) is 0 Å². The standard InChI is InChI=1S/C7H7F2N3O2/c1-3(6(13)14)10-7-11-4(8)2-5(9)12-7/h2-3H,1H3,(H,13,14)(H,10,11,12)/p-1/t3-/m0/s1. The highest BCUT2D eigenvalue weighted by atomic mass is 19.1. The summed E-state index contributed by atoms with van der Waals surface area (Å²) in [6.07, 6.45) is 0. The van der Waals surface area contributed by atoms with Crippen LogP contribution in [0.2, 0.25) is 0 Å². The zero-order chi connectivity index (χ0) is 10.7. The molecule has 76 valence electrons. The molecule has 0 aliphatic heterocycles. The third-order valence-electron chi connectivity index (χ3n) is 1.36. The molecule has 1 rings (SSSR count). The summed E-state index contributed by atoms with van der Waals surface area (Å²) in [6.45, 7) is 1.24. The Kier molecular flexibility index (Phi) is 2.90. The van der Waals surface area contributed by atoms with Gasteiger partial charge in [0.15, 0.2) is 0 Å². The second-order valence-corrected chi connectivity index (χ2v) is 2.52. The minimum Gasteiger partial charge on any atom is -0.548 e. The van der Waals surface area contributed by atoms with E-state index in [1.807, 2.05) is 0 Å². The van der Waals surface area contributed by atoms with Crippen molar-refractivity contribution in [1.29, 1.82) is 0 Å². The van der Waals surface area contributed by atoms with Gasteiger partial charge >= 0.3 is 0 Å². The molecule has 7 heteroatoms. The SMILES string of the molecule is C[C@H](Nc1nc(F)cc(F)n1)C(=O)[O-]. The molecule has 0 unspecified atom stereocenters. The first-order valence-corrected chi connectivity index (χ1v) is 3.66. The van der Waals surface area contributed by atoms with Crippen molar-refractivity contribution in [2.75, 3.05) is 5.32 Å². The second-order valence-electron chi connectivity index (χ2n) is 2.52. The van der Waals surface area contributed by atoms with E-state index in [9.17, 15) is 18.7 Å². The molecular formula is C7H6F2N3O2-. The van der Waals surface area contributed by atoms with Gasteiger partial charge in [0.1, 0.15) is 0 Å². The lowest BCUT2D eigenvalue weighted by atomic mass is 10.3. The van der Waals surface area contributed by atoms with Crippen molar-refractivity contribution in [1.82, 2.24) is 9.97 Å². The van der Waals surface area contributed by atoms with Crippen LogP contribution in [0.15, 0.2) is 6.07 Å². The van der Waals surface area contributed by atoms with Crippen molar-refractivity contribution in [3.63, 3.8) is 0 Å². The monoisotopic (exact) mass is 202 g/mol. The van der Waals surface area contributed by atoms with E-state index >= 15 is 0 Å². The molecule has 14 heavy (non-hydrogen) atoms. The van der Waals surface area contributed by atoms with Crippen LogP contribution in [0.1, 0.15) is 6.92 Å². The first kappa shape index (κ1) is 10.3. The van der Waals surface area contributed by atoms with Crippen LogP contribution in [0, 0.1) is 11.9 Å². The first-order valence-electron chi connectivity index (χ1n) is 3.66. The number of rotatable bonds is 3. The fourth-order valence-corrected chi connectivity index (χ4v) is 0.707. The molecule has 0 aliphatic rings. The Hall–Kier alpha value is -1.79. The summed E-state index contributed by atoms with van der Waals surface area (Å²) in [5.74, 6) is -4.01. The van der Waals surface area contributed by atoms with E-state index in [1.165, 1.54) is 6.92 Å². The average molecular weight is 202 g/mol. The van der Waals surface area contributed by atoms with Gasteiger partial charge in [-0.05, 0) is 6.92 Å². The molecular weight excluding hydrogens is 196 g/mol. The van der Waals surface area contributed by atoms with Gasteiger partial charge in [-0.25, -0.2) is 0 Å². The van der Waals surface area contributed by atoms with Crippen LogP contribution in [0.3, 0.4) is 0 Å². The minimum atomic E-state index is -1.42. The number of aliphatic carboxylic acids is 1. The van der Waals surface area contributed by atoms with Gasteiger partial charge in [0.25, 0.3) is 0 Å². The number of anilines is 1. The molecule has 1 N–H and O–H groups in total. The van der Waals surface area contributed by atoms with Gasteiger partial charge in [-0.2, -0.15) is 18.7 Å². The Morgan fingerprint density at radius 3 is 2.43 bits per heavy atom. The molecule has 0 amide bonds. The minimum absolute atomic E-state index is 0.431. The molecule has 0 aromatic carbocycles. The molecule has 1 aromatic heterocycles. The van der Waals surface area contributed by atoms with E-state index < -0.39 is 29.9 Å². The number of hydrogen-bond acceptors (Lipinski definition) is 5. The smallest absolute Gasteiger partial charge is 0.228 e. The van der Waals surface area contributed by atoms with Gasteiger partial charge in [-0.15, -0.1) is 0 Å². The Morgan fingerprint density at radius 1 is 1.50 bits per heavy atom. The molecule has 5 nitrogen and oxygen atoms in total. The highest BCUT2D eigenvalue weighted by Crippen LogP contribution is 2.03. The van der Waals surface area contributed by atoms with Crippen LogP contribution in [-0.2, 0) is 4.79 Å². The maximum atomic E-state index is 12.5. The third kappa shape index (κ3) is 2.61. The number of nitrogens with one attached hydrogen (secondary N) is 1. The van der Waals surface area contributed by atoms with Gasteiger partial charge < -0.3 is 15.2 Å². The number of halogens is 2. The highest BCUT2D eigenvalue weighted by molar-refractivity contribution is 5.73. The molecule has 0 radical (unpaired) electrons. The molecule has 1 heterocycles. The van der Waals surface area contributed by atoms with Crippen LogP contribution in [0.25, 0.3) is 0 Å². The van der Waals surface area contributed by atoms with Crippen molar-refractivity contribution >= 4 is 11.9 Å². The molecule has 0 fully saturated rings. The lowest BCUT2D eigenvalue weighted by Gasteiger charge is -2.13. The highest BCUT2D eigenvalue weighted by Gasteiger charge is 2.07. The average Bonchev–Trinajstić information content (AvgIpc) is 2.01. The van der Waals surface area contributed by atoms with Crippen LogP contribution >= 0.6 is 0 Å². The summed E-state index contributed by atoms with van der Waals surface area (Å²) in [7, 11) is 0. The largest absolute Gasteiger partial charge is 0.548 e. The lowest BCUT2D eigenvalue weighted by Crippen LogP contribution is -2.39. The predicted octanol–water partition coefficient (Wildman–Crippen LogP) is -0.695. The maximum absolute atomic E-state index is 12.5. The van der Waals surface area contributed by atoms with Gasteiger partial charge in [0, 0.05) is 6.07 Å². The normalized spacial score (nSPS) is 12.2. The van der Waals surface area contributed by atoms with Crippen molar-refractivity contribution in [2.24, 2.45) is 0 Å². The summed E-state index contributed by atoms with van der Waals surface area (Å²) in [5, 5.41) is 12.4. The Balaban J connectivity index is 2.81. The first-order chi connectivity index (χ1) is 6.49. The van der Waals surface area contributed by atoms with E-state index in [2.05, 4.69) is 15.3 Å². The van der Waals surface area contributed by atoms with E-state index in [1.54, 1.807) is 0 Å². The van der Waals surface area contributed by atoms with Crippen LogP contribution in [0.5, 0.6) is 0 Å². The Bertz CT molecular complexity index is 339. The van der Waals surface area contributed by atoms with E-state index in [-0.39, 0.29) is 0 Å². The summed E-state index contributed by atoms with van der Waals surface area (Å²) in [6, 6.07) is -0.648. The molecule has 1 aromatic rings. The van der Waals surface area contributed by atoms with Crippen LogP contribution in [-0.4, -0.2) is 22.0 Å². The zero-order valence-corrected chi connectivity index (χ0v) is 7.12. The Labute approximate surface area is 77.8 Å². The quantitative estimate of drug-likeness (QED) is 0.656. The van der Waals surface area contributed by atoms with E-state index in [0.717, 1.165) is 0 Å². The fourth-order valence-electron chi connectivity index (χ4n) is 0.707. The number of hydrogen-bond donors (Lipinski definition) is 1. The van der Waals surface area contributed by atoms with Crippen LogP contribution in [0.4, 0.5) is 14.7 Å². The van der Waals surface area contributed by atoms with Crippen molar-refractivity contribution in [3.05, 3.63) is 18.0 Å². The van der Waals surface area contributed by atoms with Gasteiger partial charge in [0.05, 0.1) is 12.0 Å².